The average molecular weight is 499 g/mol. The van der Waals surface area contributed by atoms with Crippen molar-refractivity contribution in [2.24, 2.45) is 21.7 Å². The molecule has 2 aromatic rings. The molecular weight excluding hydrogens is 469 g/mol. The van der Waals surface area contributed by atoms with E-state index in [9.17, 15) is 0 Å². The maximum atomic E-state index is 6.13. The average Bonchev–Trinajstić information content (AvgIpc) is 3.30. The number of nitrogens with zero attached hydrogens (tertiary/aromatic N) is 4. The van der Waals surface area contributed by atoms with E-state index < -0.39 is 3.79 Å². The summed E-state index contributed by atoms with van der Waals surface area (Å²) in [4.78, 5) is 2.39. The molecule has 1 aromatic carbocycles. The predicted molar refractivity (Wildman–Crippen MR) is 136 cm³/mol. The Morgan fingerprint density at radius 1 is 1.31 bits per heavy atom. The molecule has 0 radical (unpaired) electrons. The van der Waals surface area contributed by atoms with Gasteiger partial charge in [-0.05, 0) is 56.0 Å². The van der Waals surface area contributed by atoms with E-state index >= 15 is 0 Å². The summed E-state index contributed by atoms with van der Waals surface area (Å²) in [6, 6.07) is 7.84. The third-order valence-corrected chi connectivity index (χ3v) is 6.21. The lowest BCUT2D eigenvalue weighted by Crippen LogP contribution is -2.30. The van der Waals surface area contributed by atoms with Gasteiger partial charge < -0.3 is 21.4 Å². The van der Waals surface area contributed by atoms with Crippen LogP contribution in [0, 0.1) is 6.92 Å². The first kappa shape index (κ1) is 24.7. The van der Waals surface area contributed by atoms with Crippen LogP contribution in [0.2, 0.25) is 0 Å². The number of nitrogens with two attached hydrogens (primary N) is 2. The molecule has 10 heteroatoms. The summed E-state index contributed by atoms with van der Waals surface area (Å²) in [6.07, 6.45) is 7.12. The van der Waals surface area contributed by atoms with E-state index in [1.165, 1.54) is 11.1 Å². The molecule has 1 aliphatic heterocycles. The van der Waals surface area contributed by atoms with Gasteiger partial charge in [-0.25, -0.2) is 0 Å². The smallest absolute Gasteiger partial charge is 0.216 e. The fourth-order valence-corrected chi connectivity index (χ4v) is 4.27. The number of alkyl halides is 3. The third kappa shape index (κ3) is 6.10. The molecule has 1 atom stereocenters. The van der Waals surface area contributed by atoms with Crippen LogP contribution in [0.3, 0.4) is 0 Å². The summed E-state index contributed by atoms with van der Waals surface area (Å²) in [5, 5.41) is 11.3. The van der Waals surface area contributed by atoms with Crippen molar-refractivity contribution in [1.82, 2.24) is 9.47 Å². The quantitative estimate of drug-likeness (QED) is 0.213. The Morgan fingerprint density at radius 3 is 2.78 bits per heavy atom. The fraction of sp³-hybridized carbons (Fsp3) is 0.455. The highest BCUT2D eigenvalue weighted by Gasteiger charge is 2.26. The largest absolute Gasteiger partial charge is 0.371 e. The Morgan fingerprint density at radius 2 is 2.09 bits per heavy atom. The highest BCUT2D eigenvalue weighted by molar-refractivity contribution is 6.66. The molecule has 0 bridgehead atoms. The Balaban J connectivity index is 1.92. The van der Waals surface area contributed by atoms with Crippen molar-refractivity contribution in [1.29, 1.82) is 0 Å². The SMILES string of the molecule is CCCNc1c(C)c(CN2CCCC2/C=N/N=C(N)N)cn1-c1cccc(C(Cl)(Cl)Cl)c1. The molecule has 3 rings (SSSR count). The molecule has 1 fully saturated rings. The lowest BCUT2D eigenvalue weighted by molar-refractivity contribution is 0.297. The zero-order valence-electron chi connectivity index (χ0n) is 18.4. The summed E-state index contributed by atoms with van der Waals surface area (Å²) in [7, 11) is 0. The van der Waals surface area contributed by atoms with E-state index in [1.807, 2.05) is 30.5 Å². The molecule has 7 nitrogen and oxygen atoms in total. The van der Waals surface area contributed by atoms with E-state index in [0.717, 1.165) is 50.4 Å². The second-order valence-electron chi connectivity index (χ2n) is 7.94. The second kappa shape index (κ2) is 10.8. The monoisotopic (exact) mass is 497 g/mol. The number of likely N-dealkylation sites (tertiary alicyclic amines) is 1. The summed E-state index contributed by atoms with van der Waals surface area (Å²) in [6.45, 7) is 6.93. The normalized spacial score (nSPS) is 17.2. The van der Waals surface area contributed by atoms with Gasteiger partial charge in [0.15, 0.2) is 0 Å². The summed E-state index contributed by atoms with van der Waals surface area (Å²) < 4.78 is 0.661. The van der Waals surface area contributed by atoms with Crippen molar-refractivity contribution in [2.45, 2.75) is 49.5 Å². The van der Waals surface area contributed by atoms with Crippen molar-refractivity contribution in [3.63, 3.8) is 0 Å². The lowest BCUT2D eigenvalue weighted by Gasteiger charge is -2.20. The van der Waals surface area contributed by atoms with E-state index in [0.29, 0.717) is 5.56 Å². The molecule has 1 aliphatic rings. The van der Waals surface area contributed by atoms with Crippen LogP contribution in [0.15, 0.2) is 40.7 Å². The highest BCUT2D eigenvalue weighted by Crippen LogP contribution is 2.39. The van der Waals surface area contributed by atoms with Crippen LogP contribution in [-0.4, -0.2) is 40.8 Å². The molecule has 174 valence electrons. The number of anilines is 1. The van der Waals surface area contributed by atoms with Gasteiger partial charge in [0.25, 0.3) is 0 Å². The molecule has 5 N–H and O–H groups in total. The molecular formula is C22H30Cl3N7. The van der Waals surface area contributed by atoms with Crippen molar-refractivity contribution in [3.8, 4) is 5.69 Å². The molecule has 1 unspecified atom stereocenters. The van der Waals surface area contributed by atoms with E-state index in [2.05, 4.69) is 45.0 Å². The number of nitrogens with one attached hydrogen (secondary N) is 1. The Bertz CT molecular complexity index is 974. The van der Waals surface area contributed by atoms with Crippen LogP contribution < -0.4 is 16.8 Å². The van der Waals surface area contributed by atoms with Crippen molar-refractivity contribution in [2.75, 3.05) is 18.4 Å². The number of hydrogen-bond acceptors (Lipinski definition) is 4. The number of hydrogen-bond donors (Lipinski definition) is 3. The van der Waals surface area contributed by atoms with Crippen molar-refractivity contribution >= 4 is 52.8 Å². The number of benzene rings is 1. The molecule has 0 spiro atoms. The molecule has 32 heavy (non-hydrogen) atoms. The van der Waals surface area contributed by atoms with Crippen LogP contribution in [0.4, 0.5) is 5.82 Å². The Labute approximate surface area is 204 Å². The summed E-state index contributed by atoms with van der Waals surface area (Å²) >= 11 is 18.4. The minimum Gasteiger partial charge on any atom is -0.371 e. The van der Waals surface area contributed by atoms with Gasteiger partial charge >= 0.3 is 0 Å². The van der Waals surface area contributed by atoms with Crippen LogP contribution in [0.1, 0.15) is 42.9 Å². The second-order valence-corrected chi connectivity index (χ2v) is 10.2. The van der Waals surface area contributed by atoms with Crippen LogP contribution in [0.5, 0.6) is 0 Å². The standard InChI is InChI=1S/C22H30Cl3N7/c1-3-9-28-20-15(2)16(13-31-10-5-8-19(31)12-29-30-21(26)27)14-32(20)18-7-4-6-17(11-18)22(23,24)25/h4,6-7,11-12,14,19,28H,3,5,8-10,13H2,1-2H3,(H4,26,27,30)/b29-12+. The first-order chi connectivity index (χ1) is 15.2. The highest BCUT2D eigenvalue weighted by atomic mass is 35.6. The number of halogens is 3. The minimum absolute atomic E-state index is 0.0394. The number of rotatable bonds is 8. The van der Waals surface area contributed by atoms with E-state index in [1.54, 1.807) is 0 Å². The molecule has 1 aromatic heterocycles. The van der Waals surface area contributed by atoms with Gasteiger partial charge in [0.1, 0.15) is 5.82 Å². The number of aromatic nitrogens is 1. The molecule has 2 heterocycles. The van der Waals surface area contributed by atoms with Gasteiger partial charge in [-0.15, -0.1) is 5.10 Å². The first-order valence-electron chi connectivity index (χ1n) is 10.7. The van der Waals surface area contributed by atoms with Gasteiger partial charge in [-0.2, -0.15) is 5.10 Å². The Hall–Kier alpha value is -1.93. The van der Waals surface area contributed by atoms with Gasteiger partial charge in [-0.3, -0.25) is 4.90 Å². The first-order valence-corrected chi connectivity index (χ1v) is 11.8. The summed E-state index contributed by atoms with van der Waals surface area (Å²) in [5.41, 5.74) is 14.7. The van der Waals surface area contributed by atoms with Crippen LogP contribution in [0.25, 0.3) is 5.69 Å². The number of guanidine groups is 1. The topological polar surface area (TPSA) is 97.0 Å². The molecule has 0 aliphatic carbocycles. The molecule has 1 saturated heterocycles. The van der Waals surface area contributed by atoms with Gasteiger partial charge in [0, 0.05) is 42.8 Å². The lowest BCUT2D eigenvalue weighted by atomic mass is 10.2. The molecule has 0 saturated carbocycles. The van der Waals surface area contributed by atoms with Crippen molar-refractivity contribution < 1.29 is 0 Å². The predicted octanol–water partition coefficient (Wildman–Crippen LogP) is 4.66. The van der Waals surface area contributed by atoms with Gasteiger partial charge in [0.2, 0.25) is 9.75 Å². The van der Waals surface area contributed by atoms with Crippen LogP contribution >= 0.6 is 34.8 Å². The molecule has 0 amide bonds. The maximum absolute atomic E-state index is 6.13. The summed E-state index contributed by atoms with van der Waals surface area (Å²) in [5.74, 6) is 1.01. The van der Waals surface area contributed by atoms with Crippen LogP contribution in [-0.2, 0) is 10.3 Å². The maximum Gasteiger partial charge on any atom is 0.216 e. The zero-order chi connectivity index (χ0) is 23.3. The van der Waals surface area contributed by atoms with E-state index in [4.69, 9.17) is 46.3 Å². The Kier molecular flexibility index (Phi) is 8.33. The van der Waals surface area contributed by atoms with E-state index in [-0.39, 0.29) is 12.0 Å². The van der Waals surface area contributed by atoms with Gasteiger partial charge in [0.05, 0.1) is 0 Å². The van der Waals surface area contributed by atoms with Crippen molar-refractivity contribution in [3.05, 3.63) is 47.2 Å². The van der Waals surface area contributed by atoms with Gasteiger partial charge in [-0.1, -0.05) is 53.9 Å². The zero-order valence-corrected chi connectivity index (χ0v) is 20.6. The minimum atomic E-state index is -1.48. The third-order valence-electron chi connectivity index (χ3n) is 5.56. The fourth-order valence-electron chi connectivity index (χ4n) is 3.92.